The Labute approximate surface area is 149 Å². The fourth-order valence-electron chi connectivity index (χ4n) is 2.25. The number of nitrogens with one attached hydrogen (secondary N) is 1. The van der Waals surface area contributed by atoms with Crippen molar-refractivity contribution in [1.29, 1.82) is 0 Å². The molecule has 0 aliphatic carbocycles. The third-order valence-corrected chi connectivity index (χ3v) is 3.96. The fraction of sp³-hybridized carbons (Fsp3) is 0.278. The lowest BCUT2D eigenvalue weighted by molar-refractivity contribution is 0.0953. The zero-order chi connectivity index (χ0) is 17.5. The lowest BCUT2D eigenvalue weighted by Crippen LogP contribution is -2.25. The molecule has 0 saturated carbocycles. The van der Waals surface area contributed by atoms with E-state index in [1.807, 2.05) is 13.0 Å². The van der Waals surface area contributed by atoms with Crippen molar-refractivity contribution >= 4 is 21.8 Å². The molecule has 0 aromatic heterocycles. The van der Waals surface area contributed by atoms with Gasteiger partial charge in [0.15, 0.2) is 11.5 Å². The Morgan fingerprint density at radius 3 is 2.75 bits per heavy atom. The highest BCUT2D eigenvalue weighted by Gasteiger charge is 2.15. The summed E-state index contributed by atoms with van der Waals surface area (Å²) in [4.78, 5) is 12.3. The molecular weight excluding hydrogens is 377 g/mol. The number of hydrogen-bond donors (Lipinski definition) is 1. The summed E-state index contributed by atoms with van der Waals surface area (Å²) >= 11 is 3.39. The van der Waals surface area contributed by atoms with E-state index in [4.69, 9.17) is 9.47 Å². The number of ether oxygens (including phenoxy) is 2. The Hall–Kier alpha value is -2.08. The lowest BCUT2D eigenvalue weighted by Gasteiger charge is -2.13. The van der Waals surface area contributed by atoms with E-state index >= 15 is 0 Å². The average Bonchev–Trinajstić information content (AvgIpc) is 2.56. The van der Waals surface area contributed by atoms with Gasteiger partial charge in [0.2, 0.25) is 0 Å². The van der Waals surface area contributed by atoms with Gasteiger partial charge in [0, 0.05) is 12.1 Å². The van der Waals surface area contributed by atoms with Crippen molar-refractivity contribution < 1.29 is 18.7 Å². The van der Waals surface area contributed by atoms with Crippen LogP contribution in [0, 0.1) is 5.82 Å². The van der Waals surface area contributed by atoms with E-state index < -0.39 is 0 Å². The predicted molar refractivity (Wildman–Crippen MR) is 94.3 cm³/mol. The molecule has 0 spiro atoms. The Kier molecular flexibility index (Phi) is 6.61. The quantitative estimate of drug-likeness (QED) is 0.771. The summed E-state index contributed by atoms with van der Waals surface area (Å²) < 4.78 is 24.6. The standard InChI is InChI=1S/C18H19BrFNO3/c1-3-24-17-15(19)10-13(11-16(17)23-2)18(22)21-8-7-12-5-4-6-14(20)9-12/h4-6,9-11H,3,7-8H2,1-2H3,(H,21,22). The molecule has 1 N–H and O–H groups in total. The molecule has 6 heteroatoms. The molecule has 0 bridgehead atoms. The fourth-order valence-corrected chi connectivity index (χ4v) is 2.81. The number of rotatable bonds is 7. The lowest BCUT2D eigenvalue weighted by atomic mass is 10.1. The second-order valence-corrected chi connectivity index (χ2v) is 5.91. The van der Waals surface area contributed by atoms with Crippen LogP contribution in [-0.4, -0.2) is 26.2 Å². The maximum atomic E-state index is 13.1. The van der Waals surface area contributed by atoms with Crippen LogP contribution in [0.2, 0.25) is 0 Å². The molecule has 0 unspecified atom stereocenters. The first kappa shape index (κ1) is 18.3. The molecule has 2 aromatic carbocycles. The SMILES string of the molecule is CCOc1c(Br)cc(C(=O)NCCc2cccc(F)c2)cc1OC. The van der Waals surface area contributed by atoms with Crippen LogP contribution < -0.4 is 14.8 Å². The summed E-state index contributed by atoms with van der Waals surface area (Å²) in [5.41, 5.74) is 1.29. The van der Waals surface area contributed by atoms with E-state index in [0.717, 1.165) is 5.56 Å². The summed E-state index contributed by atoms with van der Waals surface area (Å²) in [6.45, 7) is 2.78. The van der Waals surface area contributed by atoms with Gasteiger partial charge in [0.05, 0.1) is 18.2 Å². The van der Waals surface area contributed by atoms with Crippen LogP contribution in [-0.2, 0) is 6.42 Å². The first-order valence-electron chi connectivity index (χ1n) is 7.58. The van der Waals surface area contributed by atoms with Crippen LogP contribution in [0.5, 0.6) is 11.5 Å². The van der Waals surface area contributed by atoms with E-state index in [9.17, 15) is 9.18 Å². The molecule has 0 fully saturated rings. The highest BCUT2D eigenvalue weighted by molar-refractivity contribution is 9.10. The first-order chi connectivity index (χ1) is 11.5. The molecule has 0 aliphatic rings. The molecular formula is C18H19BrFNO3. The first-order valence-corrected chi connectivity index (χ1v) is 8.37. The van der Waals surface area contributed by atoms with Gasteiger partial charge in [-0.15, -0.1) is 0 Å². The Morgan fingerprint density at radius 1 is 1.29 bits per heavy atom. The predicted octanol–water partition coefficient (Wildman–Crippen LogP) is 3.97. The molecule has 0 radical (unpaired) electrons. The molecule has 2 aromatic rings. The van der Waals surface area contributed by atoms with Crippen molar-refractivity contribution in [3.8, 4) is 11.5 Å². The van der Waals surface area contributed by atoms with E-state index in [2.05, 4.69) is 21.2 Å². The Balaban J connectivity index is 2.03. The molecule has 0 aliphatic heterocycles. The Morgan fingerprint density at radius 2 is 2.08 bits per heavy atom. The number of methoxy groups -OCH3 is 1. The van der Waals surface area contributed by atoms with Crippen LogP contribution in [0.15, 0.2) is 40.9 Å². The summed E-state index contributed by atoms with van der Waals surface area (Å²) in [5, 5.41) is 2.82. The number of hydrogen-bond acceptors (Lipinski definition) is 3. The average molecular weight is 396 g/mol. The molecule has 0 saturated heterocycles. The van der Waals surface area contributed by atoms with Gasteiger partial charge in [-0.25, -0.2) is 4.39 Å². The van der Waals surface area contributed by atoms with E-state index in [0.29, 0.717) is 41.1 Å². The summed E-state index contributed by atoms with van der Waals surface area (Å²) in [6, 6.07) is 9.65. The van der Waals surface area contributed by atoms with Crippen molar-refractivity contribution in [2.75, 3.05) is 20.3 Å². The van der Waals surface area contributed by atoms with Crippen molar-refractivity contribution in [2.24, 2.45) is 0 Å². The van der Waals surface area contributed by atoms with Gasteiger partial charge in [-0.1, -0.05) is 12.1 Å². The maximum absolute atomic E-state index is 13.1. The maximum Gasteiger partial charge on any atom is 0.251 e. The highest BCUT2D eigenvalue weighted by Crippen LogP contribution is 2.36. The molecule has 4 nitrogen and oxygen atoms in total. The van der Waals surface area contributed by atoms with Crippen LogP contribution in [0.25, 0.3) is 0 Å². The van der Waals surface area contributed by atoms with Crippen LogP contribution >= 0.6 is 15.9 Å². The Bertz CT molecular complexity index is 721. The topological polar surface area (TPSA) is 47.6 Å². The van der Waals surface area contributed by atoms with E-state index in [-0.39, 0.29) is 11.7 Å². The number of carbonyl (C=O) groups excluding carboxylic acids is 1. The number of carbonyl (C=O) groups is 1. The molecule has 0 atom stereocenters. The third kappa shape index (κ3) is 4.71. The number of benzene rings is 2. The van der Waals surface area contributed by atoms with E-state index in [1.54, 1.807) is 18.2 Å². The van der Waals surface area contributed by atoms with Gasteiger partial charge in [-0.2, -0.15) is 0 Å². The van der Waals surface area contributed by atoms with Crippen LogP contribution in [0.3, 0.4) is 0 Å². The second-order valence-electron chi connectivity index (χ2n) is 5.06. The highest BCUT2D eigenvalue weighted by atomic mass is 79.9. The summed E-state index contributed by atoms with van der Waals surface area (Å²) in [5.74, 6) is 0.547. The molecule has 128 valence electrons. The van der Waals surface area contributed by atoms with Crippen molar-refractivity contribution in [1.82, 2.24) is 5.32 Å². The van der Waals surface area contributed by atoms with Gasteiger partial charge in [0.25, 0.3) is 5.91 Å². The minimum Gasteiger partial charge on any atom is -0.493 e. The molecule has 24 heavy (non-hydrogen) atoms. The van der Waals surface area contributed by atoms with Gasteiger partial charge in [0.1, 0.15) is 5.82 Å². The smallest absolute Gasteiger partial charge is 0.251 e. The molecule has 0 heterocycles. The third-order valence-electron chi connectivity index (χ3n) is 3.37. The molecule has 2 rings (SSSR count). The largest absolute Gasteiger partial charge is 0.493 e. The summed E-state index contributed by atoms with van der Waals surface area (Å²) in [6.07, 6.45) is 0.554. The van der Waals surface area contributed by atoms with Crippen LogP contribution in [0.4, 0.5) is 4.39 Å². The van der Waals surface area contributed by atoms with Crippen molar-refractivity contribution in [3.05, 3.63) is 57.8 Å². The van der Waals surface area contributed by atoms with Crippen LogP contribution in [0.1, 0.15) is 22.8 Å². The van der Waals surface area contributed by atoms with Gasteiger partial charge in [-0.3, -0.25) is 4.79 Å². The van der Waals surface area contributed by atoms with Gasteiger partial charge >= 0.3 is 0 Å². The van der Waals surface area contributed by atoms with Gasteiger partial charge in [-0.05, 0) is 59.1 Å². The monoisotopic (exact) mass is 395 g/mol. The zero-order valence-corrected chi connectivity index (χ0v) is 15.2. The molecule has 1 amide bonds. The number of halogens is 2. The van der Waals surface area contributed by atoms with Gasteiger partial charge < -0.3 is 14.8 Å². The number of amides is 1. The minimum atomic E-state index is -0.279. The normalized spacial score (nSPS) is 10.3. The zero-order valence-electron chi connectivity index (χ0n) is 13.6. The minimum absolute atomic E-state index is 0.228. The van der Waals surface area contributed by atoms with Crippen molar-refractivity contribution in [2.45, 2.75) is 13.3 Å². The van der Waals surface area contributed by atoms with E-state index in [1.165, 1.54) is 19.2 Å². The van der Waals surface area contributed by atoms with Crippen molar-refractivity contribution in [3.63, 3.8) is 0 Å². The summed E-state index contributed by atoms with van der Waals surface area (Å²) in [7, 11) is 1.52. The second kappa shape index (κ2) is 8.68.